The number of carbonyl (C=O) groups excluding carboxylic acids is 1. The first-order chi connectivity index (χ1) is 16.4. The second kappa shape index (κ2) is 10.1. The highest BCUT2D eigenvalue weighted by atomic mass is 32.2. The van der Waals surface area contributed by atoms with Gasteiger partial charge in [0.25, 0.3) is 5.56 Å². The average Bonchev–Trinajstić information content (AvgIpc) is 2.83. The third-order valence-corrected chi connectivity index (χ3v) is 6.41. The SMILES string of the molecule is CCOC(=O)C1=C(C)Nc2nc(SCc3ccccc3F)[nH]c(=O)c2C1c1ccc(OC)cc1. The Morgan fingerprint density at radius 3 is 2.59 bits per heavy atom. The van der Waals surface area contributed by atoms with E-state index >= 15 is 0 Å². The van der Waals surface area contributed by atoms with Crippen LogP contribution in [0.2, 0.25) is 0 Å². The molecular formula is C25H24FN3O4S. The zero-order valence-electron chi connectivity index (χ0n) is 19.0. The van der Waals surface area contributed by atoms with Gasteiger partial charge in [-0.3, -0.25) is 4.79 Å². The van der Waals surface area contributed by atoms with Crippen molar-refractivity contribution < 1.29 is 18.7 Å². The van der Waals surface area contributed by atoms with E-state index in [1.807, 2.05) is 12.1 Å². The minimum absolute atomic E-state index is 0.206. The van der Waals surface area contributed by atoms with Crippen molar-refractivity contribution in [3.8, 4) is 5.75 Å². The number of ether oxygens (including phenoxy) is 2. The Hall–Kier alpha value is -3.59. The number of carbonyl (C=O) groups is 1. The van der Waals surface area contributed by atoms with Gasteiger partial charge in [0.05, 0.1) is 30.8 Å². The number of allylic oxidation sites excluding steroid dienone is 1. The Morgan fingerprint density at radius 2 is 1.91 bits per heavy atom. The standard InChI is InChI=1S/C25H24FN3O4S/c1-4-33-24(31)19-14(2)27-22-21(20(19)15-9-11-17(32-3)12-10-15)23(30)29-25(28-22)34-13-16-7-5-6-8-18(16)26/h5-12,20H,4,13H2,1-3H3,(H2,27,28,29,30). The number of H-pyrrole nitrogens is 1. The van der Waals surface area contributed by atoms with Crippen molar-refractivity contribution in [3.63, 3.8) is 0 Å². The molecule has 0 amide bonds. The number of halogens is 1. The van der Waals surface area contributed by atoms with Crippen LogP contribution < -0.4 is 15.6 Å². The minimum Gasteiger partial charge on any atom is -0.497 e. The summed E-state index contributed by atoms with van der Waals surface area (Å²) < 4.78 is 24.5. The summed E-state index contributed by atoms with van der Waals surface area (Å²) in [6.45, 7) is 3.69. The van der Waals surface area contributed by atoms with Crippen LogP contribution in [0.3, 0.4) is 0 Å². The zero-order chi connectivity index (χ0) is 24.2. The molecule has 1 aliphatic rings. The number of fused-ring (bicyclic) bond motifs is 1. The van der Waals surface area contributed by atoms with E-state index in [4.69, 9.17) is 9.47 Å². The van der Waals surface area contributed by atoms with Crippen LogP contribution in [0, 0.1) is 5.82 Å². The van der Waals surface area contributed by atoms with Crippen LogP contribution in [0.4, 0.5) is 10.2 Å². The molecule has 2 heterocycles. The van der Waals surface area contributed by atoms with Gasteiger partial charge in [-0.05, 0) is 43.2 Å². The van der Waals surface area contributed by atoms with Crippen LogP contribution in [0.5, 0.6) is 5.75 Å². The molecule has 9 heteroatoms. The third-order valence-electron chi connectivity index (χ3n) is 5.49. The molecule has 1 atom stereocenters. The number of esters is 1. The van der Waals surface area contributed by atoms with Crippen molar-refractivity contribution in [2.45, 2.75) is 30.7 Å². The molecule has 0 spiro atoms. The van der Waals surface area contributed by atoms with Crippen LogP contribution in [0.15, 0.2) is 69.8 Å². The van der Waals surface area contributed by atoms with Crippen LogP contribution in [-0.4, -0.2) is 29.7 Å². The smallest absolute Gasteiger partial charge is 0.336 e. The fourth-order valence-corrected chi connectivity index (χ4v) is 4.72. The molecular weight excluding hydrogens is 457 g/mol. The molecule has 2 N–H and O–H groups in total. The Morgan fingerprint density at radius 1 is 1.18 bits per heavy atom. The molecule has 0 fully saturated rings. The van der Waals surface area contributed by atoms with Crippen molar-refractivity contribution in [2.75, 3.05) is 19.0 Å². The second-order valence-corrected chi connectivity index (χ2v) is 8.57. The van der Waals surface area contributed by atoms with Crippen LogP contribution in [0.1, 0.15) is 36.5 Å². The maximum Gasteiger partial charge on any atom is 0.336 e. The normalized spacial score (nSPS) is 14.9. The number of hydrogen-bond donors (Lipinski definition) is 2. The Kier molecular flexibility index (Phi) is 7.02. The Bertz CT molecular complexity index is 1300. The average molecular weight is 482 g/mol. The largest absolute Gasteiger partial charge is 0.497 e. The summed E-state index contributed by atoms with van der Waals surface area (Å²) in [5.41, 5.74) is 2.06. The van der Waals surface area contributed by atoms with Gasteiger partial charge in [0.1, 0.15) is 17.4 Å². The maximum atomic E-state index is 14.0. The predicted octanol–water partition coefficient (Wildman–Crippen LogP) is 4.60. The summed E-state index contributed by atoms with van der Waals surface area (Å²) in [6.07, 6.45) is 0. The summed E-state index contributed by atoms with van der Waals surface area (Å²) >= 11 is 1.22. The fraction of sp³-hybridized carbons (Fsp3) is 0.240. The monoisotopic (exact) mass is 481 g/mol. The van der Waals surface area contributed by atoms with Gasteiger partial charge in [0.2, 0.25) is 0 Å². The number of thioether (sulfide) groups is 1. The number of anilines is 1. The highest BCUT2D eigenvalue weighted by Gasteiger charge is 2.36. The molecule has 1 aliphatic heterocycles. The number of aromatic amines is 1. The molecule has 34 heavy (non-hydrogen) atoms. The van der Waals surface area contributed by atoms with Crippen molar-refractivity contribution in [1.82, 2.24) is 9.97 Å². The predicted molar refractivity (Wildman–Crippen MR) is 129 cm³/mol. The summed E-state index contributed by atoms with van der Waals surface area (Å²) in [4.78, 5) is 33.5. The van der Waals surface area contributed by atoms with E-state index in [1.165, 1.54) is 17.8 Å². The van der Waals surface area contributed by atoms with Crippen molar-refractivity contribution >= 4 is 23.5 Å². The second-order valence-electron chi connectivity index (χ2n) is 7.60. The van der Waals surface area contributed by atoms with E-state index in [0.717, 1.165) is 5.56 Å². The van der Waals surface area contributed by atoms with Gasteiger partial charge < -0.3 is 19.8 Å². The summed E-state index contributed by atoms with van der Waals surface area (Å²) in [7, 11) is 1.57. The first-order valence-electron chi connectivity index (χ1n) is 10.7. The lowest BCUT2D eigenvalue weighted by atomic mass is 9.82. The number of nitrogens with one attached hydrogen (secondary N) is 2. The molecule has 0 aliphatic carbocycles. The first kappa shape index (κ1) is 23.6. The molecule has 7 nitrogen and oxygen atoms in total. The van der Waals surface area contributed by atoms with Crippen LogP contribution in [0.25, 0.3) is 0 Å². The van der Waals surface area contributed by atoms with E-state index in [-0.39, 0.29) is 18.0 Å². The molecule has 3 aromatic rings. The highest BCUT2D eigenvalue weighted by Crippen LogP contribution is 2.40. The van der Waals surface area contributed by atoms with Crippen LogP contribution >= 0.6 is 11.8 Å². The maximum absolute atomic E-state index is 14.0. The van der Waals surface area contributed by atoms with Gasteiger partial charge in [0, 0.05) is 11.4 Å². The van der Waals surface area contributed by atoms with Crippen molar-refractivity contribution in [3.05, 3.63) is 92.7 Å². The zero-order valence-corrected chi connectivity index (χ0v) is 19.8. The summed E-state index contributed by atoms with van der Waals surface area (Å²) in [5, 5.41) is 3.45. The lowest BCUT2D eigenvalue weighted by molar-refractivity contribution is -0.138. The topological polar surface area (TPSA) is 93.3 Å². The Balaban J connectivity index is 1.76. The number of benzene rings is 2. The molecule has 2 aromatic carbocycles. The van der Waals surface area contributed by atoms with E-state index < -0.39 is 11.9 Å². The summed E-state index contributed by atoms with van der Waals surface area (Å²) in [5.74, 6) is -0.182. The number of hydrogen-bond acceptors (Lipinski definition) is 7. The van der Waals surface area contributed by atoms with Crippen molar-refractivity contribution in [1.29, 1.82) is 0 Å². The van der Waals surface area contributed by atoms with Gasteiger partial charge >= 0.3 is 5.97 Å². The number of aromatic nitrogens is 2. The molecule has 0 saturated heterocycles. The number of methoxy groups -OCH3 is 1. The van der Waals surface area contributed by atoms with E-state index in [1.54, 1.807) is 51.3 Å². The van der Waals surface area contributed by atoms with E-state index in [9.17, 15) is 14.0 Å². The lowest BCUT2D eigenvalue weighted by Gasteiger charge is -2.28. The Labute approximate surface area is 200 Å². The van der Waals surface area contributed by atoms with Gasteiger partial charge in [-0.25, -0.2) is 14.2 Å². The molecule has 1 unspecified atom stereocenters. The highest BCUT2D eigenvalue weighted by molar-refractivity contribution is 7.98. The van der Waals surface area contributed by atoms with Gasteiger partial charge in [-0.2, -0.15) is 0 Å². The molecule has 1 aromatic heterocycles. The van der Waals surface area contributed by atoms with E-state index in [2.05, 4.69) is 15.3 Å². The molecule has 4 rings (SSSR count). The molecule has 0 radical (unpaired) electrons. The molecule has 176 valence electrons. The van der Waals surface area contributed by atoms with Gasteiger partial charge in [-0.1, -0.05) is 42.1 Å². The van der Waals surface area contributed by atoms with E-state index in [0.29, 0.717) is 44.9 Å². The molecule has 0 bridgehead atoms. The molecule has 0 saturated carbocycles. The quantitative estimate of drug-likeness (QED) is 0.289. The van der Waals surface area contributed by atoms with Crippen molar-refractivity contribution in [2.24, 2.45) is 0 Å². The van der Waals surface area contributed by atoms with Crippen LogP contribution in [-0.2, 0) is 15.3 Å². The summed E-state index contributed by atoms with van der Waals surface area (Å²) in [6, 6.07) is 13.6. The lowest BCUT2D eigenvalue weighted by Crippen LogP contribution is -2.31. The van der Waals surface area contributed by atoms with Gasteiger partial charge in [0.15, 0.2) is 5.16 Å². The third kappa shape index (κ3) is 4.70. The first-order valence-corrected chi connectivity index (χ1v) is 11.7. The fourth-order valence-electron chi connectivity index (χ4n) is 3.87. The number of nitrogens with zero attached hydrogens (tertiary/aromatic N) is 1. The number of rotatable bonds is 7. The minimum atomic E-state index is -0.678. The van der Waals surface area contributed by atoms with Gasteiger partial charge in [-0.15, -0.1) is 0 Å².